The summed E-state index contributed by atoms with van der Waals surface area (Å²) in [6.45, 7) is 4.88. The second-order valence-electron chi connectivity index (χ2n) is 7.28. The van der Waals surface area contributed by atoms with Crippen molar-refractivity contribution in [2.24, 2.45) is 0 Å². The molecule has 1 unspecified atom stereocenters. The fourth-order valence-corrected chi connectivity index (χ4v) is 3.56. The van der Waals surface area contributed by atoms with Crippen LogP contribution in [-0.4, -0.2) is 60.5 Å². The van der Waals surface area contributed by atoms with Crippen molar-refractivity contribution in [1.29, 1.82) is 0 Å². The molecule has 3 rings (SSSR count). The number of piperazine rings is 1. The molecule has 27 heavy (non-hydrogen) atoms. The molecule has 2 heterocycles. The number of carbonyl (C=O) groups is 1. The molecule has 0 aliphatic carbocycles. The van der Waals surface area contributed by atoms with Crippen LogP contribution >= 0.6 is 0 Å². The van der Waals surface area contributed by atoms with Gasteiger partial charge in [0.2, 0.25) is 5.91 Å². The summed E-state index contributed by atoms with van der Waals surface area (Å²) in [6.07, 6.45) is 5.94. The number of aromatic nitrogens is 1. The first-order chi connectivity index (χ1) is 13.2. The Morgan fingerprint density at radius 3 is 2.59 bits per heavy atom. The van der Waals surface area contributed by atoms with Crippen LogP contribution in [0, 0.1) is 0 Å². The van der Waals surface area contributed by atoms with E-state index >= 15 is 0 Å². The fourth-order valence-electron chi connectivity index (χ4n) is 3.56. The highest BCUT2D eigenvalue weighted by Gasteiger charge is 2.24. The van der Waals surface area contributed by atoms with Crippen molar-refractivity contribution in [3.8, 4) is 0 Å². The number of hydrogen-bond acceptors (Lipinski definition) is 4. The summed E-state index contributed by atoms with van der Waals surface area (Å²) in [7, 11) is 2.17. The second kappa shape index (κ2) is 10.2. The van der Waals surface area contributed by atoms with Gasteiger partial charge in [-0.05, 0) is 37.1 Å². The summed E-state index contributed by atoms with van der Waals surface area (Å²) in [4.78, 5) is 21.3. The number of rotatable bonds is 8. The Kier molecular flexibility index (Phi) is 7.36. The lowest BCUT2D eigenvalue weighted by Gasteiger charge is -2.38. The van der Waals surface area contributed by atoms with Crippen LogP contribution in [0.25, 0.3) is 0 Å². The average molecular weight is 367 g/mol. The maximum absolute atomic E-state index is 12.4. The smallest absolute Gasteiger partial charge is 0.220 e. The lowest BCUT2D eigenvalue weighted by atomic mass is 10.0. The van der Waals surface area contributed by atoms with E-state index in [1.807, 2.05) is 18.3 Å². The normalized spacial score (nSPS) is 16.8. The third-order valence-electron chi connectivity index (χ3n) is 5.25. The highest BCUT2D eigenvalue weighted by atomic mass is 16.1. The van der Waals surface area contributed by atoms with Gasteiger partial charge < -0.3 is 10.2 Å². The molecule has 1 N–H and O–H groups in total. The first-order valence-corrected chi connectivity index (χ1v) is 9.85. The number of pyridine rings is 1. The summed E-state index contributed by atoms with van der Waals surface area (Å²) in [5, 5.41) is 3.17. The van der Waals surface area contributed by atoms with Crippen molar-refractivity contribution in [3.63, 3.8) is 0 Å². The third-order valence-corrected chi connectivity index (χ3v) is 5.25. The summed E-state index contributed by atoms with van der Waals surface area (Å²) in [6, 6.07) is 14.8. The minimum atomic E-state index is 0.133. The molecule has 1 amide bonds. The molecule has 5 heteroatoms. The molecule has 1 atom stereocenters. The number of aryl methyl sites for hydroxylation is 1. The second-order valence-corrected chi connectivity index (χ2v) is 7.28. The summed E-state index contributed by atoms with van der Waals surface area (Å²) < 4.78 is 0. The molecule has 2 aromatic rings. The molecule has 1 aliphatic heterocycles. The number of benzene rings is 1. The third kappa shape index (κ3) is 6.15. The lowest BCUT2D eigenvalue weighted by Crippen LogP contribution is -2.48. The van der Waals surface area contributed by atoms with E-state index in [1.54, 1.807) is 6.20 Å². The first-order valence-electron chi connectivity index (χ1n) is 9.85. The summed E-state index contributed by atoms with van der Waals surface area (Å²) in [5.74, 6) is 0.133. The van der Waals surface area contributed by atoms with E-state index in [2.05, 4.69) is 57.5 Å². The van der Waals surface area contributed by atoms with E-state index in [9.17, 15) is 4.79 Å². The zero-order valence-electron chi connectivity index (χ0n) is 16.2. The molecule has 0 radical (unpaired) electrons. The molecule has 0 saturated carbocycles. The van der Waals surface area contributed by atoms with Crippen LogP contribution in [-0.2, 0) is 11.2 Å². The molecule has 144 valence electrons. The molecule has 5 nitrogen and oxygen atoms in total. The van der Waals surface area contributed by atoms with Crippen molar-refractivity contribution >= 4 is 5.91 Å². The van der Waals surface area contributed by atoms with Gasteiger partial charge in [0.05, 0.1) is 6.04 Å². The van der Waals surface area contributed by atoms with Crippen molar-refractivity contribution in [3.05, 3.63) is 66.0 Å². The van der Waals surface area contributed by atoms with E-state index in [-0.39, 0.29) is 11.9 Å². The number of hydrogen-bond donors (Lipinski definition) is 1. The highest BCUT2D eigenvalue weighted by molar-refractivity contribution is 5.75. The first kappa shape index (κ1) is 19.5. The SMILES string of the molecule is CN1CCN(C(CNC(=O)CCCc2cccnc2)c2ccccc2)CC1. The van der Waals surface area contributed by atoms with Gasteiger partial charge in [-0.3, -0.25) is 14.7 Å². The Bertz CT molecular complexity index is 684. The Morgan fingerprint density at radius 1 is 1.11 bits per heavy atom. The summed E-state index contributed by atoms with van der Waals surface area (Å²) >= 11 is 0. The van der Waals surface area contributed by atoms with Gasteiger partial charge in [0.25, 0.3) is 0 Å². The van der Waals surface area contributed by atoms with Gasteiger partial charge >= 0.3 is 0 Å². The Hall–Kier alpha value is -2.24. The van der Waals surface area contributed by atoms with Gasteiger partial charge in [-0.1, -0.05) is 36.4 Å². The van der Waals surface area contributed by atoms with Crippen molar-refractivity contribution in [1.82, 2.24) is 20.1 Å². The van der Waals surface area contributed by atoms with Gasteiger partial charge in [0.15, 0.2) is 0 Å². The van der Waals surface area contributed by atoms with Crippen LogP contribution in [0.3, 0.4) is 0 Å². The molecule has 0 spiro atoms. The van der Waals surface area contributed by atoms with E-state index in [4.69, 9.17) is 0 Å². The predicted molar refractivity (Wildman–Crippen MR) is 108 cm³/mol. The van der Waals surface area contributed by atoms with Crippen molar-refractivity contribution < 1.29 is 4.79 Å². The van der Waals surface area contributed by atoms with Crippen LogP contribution in [0.1, 0.15) is 30.0 Å². The average Bonchev–Trinajstić information content (AvgIpc) is 2.71. The number of carbonyl (C=O) groups excluding carboxylic acids is 1. The minimum Gasteiger partial charge on any atom is -0.354 e. The van der Waals surface area contributed by atoms with Gasteiger partial charge in [-0.25, -0.2) is 0 Å². The molecular weight excluding hydrogens is 336 g/mol. The maximum Gasteiger partial charge on any atom is 0.220 e. The van der Waals surface area contributed by atoms with Crippen LogP contribution in [0.5, 0.6) is 0 Å². The summed E-state index contributed by atoms with van der Waals surface area (Å²) in [5.41, 5.74) is 2.46. The number of nitrogens with zero attached hydrogens (tertiary/aromatic N) is 3. The minimum absolute atomic E-state index is 0.133. The van der Waals surface area contributed by atoms with Crippen molar-refractivity contribution in [2.75, 3.05) is 39.8 Å². The zero-order chi connectivity index (χ0) is 18.9. The Morgan fingerprint density at radius 2 is 1.89 bits per heavy atom. The molecule has 1 aromatic heterocycles. The quantitative estimate of drug-likeness (QED) is 0.780. The number of amides is 1. The topological polar surface area (TPSA) is 48.5 Å². The van der Waals surface area contributed by atoms with E-state index in [0.29, 0.717) is 13.0 Å². The lowest BCUT2D eigenvalue weighted by molar-refractivity contribution is -0.121. The number of likely N-dealkylation sites (N-methyl/N-ethyl adjacent to an activating group) is 1. The zero-order valence-corrected chi connectivity index (χ0v) is 16.2. The van der Waals surface area contributed by atoms with Crippen LogP contribution in [0.2, 0.25) is 0 Å². The van der Waals surface area contributed by atoms with Crippen molar-refractivity contribution in [2.45, 2.75) is 25.3 Å². The fraction of sp³-hybridized carbons (Fsp3) is 0.455. The van der Waals surface area contributed by atoms with Crippen LogP contribution in [0.15, 0.2) is 54.9 Å². The Balaban J connectivity index is 1.50. The molecule has 1 aromatic carbocycles. The molecular formula is C22H30N4O. The van der Waals surface area contributed by atoms with E-state index in [1.165, 1.54) is 11.1 Å². The molecule has 0 bridgehead atoms. The van der Waals surface area contributed by atoms with E-state index in [0.717, 1.165) is 39.0 Å². The monoisotopic (exact) mass is 366 g/mol. The number of nitrogens with one attached hydrogen (secondary N) is 1. The molecule has 1 saturated heterocycles. The van der Waals surface area contributed by atoms with Gasteiger partial charge in [0, 0.05) is 51.5 Å². The van der Waals surface area contributed by atoms with Crippen LogP contribution < -0.4 is 5.32 Å². The van der Waals surface area contributed by atoms with E-state index < -0.39 is 0 Å². The highest BCUT2D eigenvalue weighted by Crippen LogP contribution is 2.21. The Labute approximate surface area is 162 Å². The van der Waals surface area contributed by atoms with Gasteiger partial charge in [-0.15, -0.1) is 0 Å². The maximum atomic E-state index is 12.4. The largest absolute Gasteiger partial charge is 0.354 e. The van der Waals surface area contributed by atoms with Gasteiger partial charge in [-0.2, -0.15) is 0 Å². The van der Waals surface area contributed by atoms with Gasteiger partial charge in [0.1, 0.15) is 0 Å². The molecule has 1 aliphatic rings. The predicted octanol–water partition coefficient (Wildman–Crippen LogP) is 2.51. The van der Waals surface area contributed by atoms with Crippen LogP contribution in [0.4, 0.5) is 0 Å². The standard InChI is InChI=1S/C22H30N4O/c1-25-13-15-26(16-14-25)21(20-9-3-2-4-10-20)18-24-22(27)11-5-7-19-8-6-12-23-17-19/h2-4,6,8-10,12,17,21H,5,7,11,13-16,18H2,1H3,(H,24,27). The molecule has 1 fully saturated rings.